The summed E-state index contributed by atoms with van der Waals surface area (Å²) in [6.45, 7) is 6.71. The Bertz CT molecular complexity index is 1060. The molecule has 1 unspecified atom stereocenters. The lowest BCUT2D eigenvalue weighted by molar-refractivity contribution is 0.129. The first-order valence-electron chi connectivity index (χ1n) is 13.1. The smallest absolute Gasteiger partial charge is 0.124 e. The number of para-hydroxylation sites is 1. The van der Waals surface area contributed by atoms with Gasteiger partial charge in [-0.15, -0.1) is 0 Å². The first kappa shape index (κ1) is 23.1. The van der Waals surface area contributed by atoms with E-state index in [2.05, 4.69) is 96.0 Å². The summed E-state index contributed by atoms with van der Waals surface area (Å²) >= 11 is 0. The minimum absolute atomic E-state index is 0.111. The van der Waals surface area contributed by atoms with Crippen LogP contribution in [0.15, 0.2) is 78.9 Å². The van der Waals surface area contributed by atoms with E-state index in [1.807, 2.05) is 0 Å². The van der Waals surface area contributed by atoms with Gasteiger partial charge in [0.15, 0.2) is 0 Å². The quantitative estimate of drug-likeness (QED) is 0.433. The van der Waals surface area contributed by atoms with Crippen LogP contribution in [0.3, 0.4) is 0 Å². The zero-order valence-corrected chi connectivity index (χ0v) is 20.5. The maximum Gasteiger partial charge on any atom is 0.124 e. The molecule has 0 aliphatic carbocycles. The van der Waals surface area contributed by atoms with E-state index >= 15 is 0 Å². The fourth-order valence-electron chi connectivity index (χ4n) is 5.82. The topological polar surface area (TPSA) is 24.5 Å². The Morgan fingerprint density at radius 2 is 1.65 bits per heavy atom. The highest BCUT2D eigenvalue weighted by molar-refractivity contribution is 5.37. The molecule has 0 aromatic heterocycles. The monoisotopic (exact) mass is 454 g/mol. The molecule has 3 aromatic rings. The summed E-state index contributed by atoms with van der Waals surface area (Å²) in [5.74, 6) is 1.04. The lowest BCUT2D eigenvalue weighted by atomic mass is 9.76. The van der Waals surface area contributed by atoms with Crippen molar-refractivity contribution in [2.75, 3.05) is 26.2 Å². The largest absolute Gasteiger partial charge is 0.485 e. The van der Waals surface area contributed by atoms with Gasteiger partial charge in [-0.3, -0.25) is 0 Å². The van der Waals surface area contributed by atoms with Crippen molar-refractivity contribution in [3.05, 3.63) is 101 Å². The molecule has 178 valence electrons. The van der Waals surface area contributed by atoms with Crippen LogP contribution < -0.4 is 10.1 Å². The Labute approximate surface area is 205 Å². The van der Waals surface area contributed by atoms with Crippen molar-refractivity contribution in [2.24, 2.45) is 0 Å². The van der Waals surface area contributed by atoms with Crippen LogP contribution in [0.4, 0.5) is 0 Å². The Morgan fingerprint density at radius 3 is 2.47 bits per heavy atom. The molecule has 34 heavy (non-hydrogen) atoms. The molecule has 0 amide bonds. The van der Waals surface area contributed by atoms with Crippen LogP contribution in [0.2, 0.25) is 0 Å². The number of hydrogen-bond acceptors (Lipinski definition) is 3. The summed E-state index contributed by atoms with van der Waals surface area (Å²) in [5.41, 5.74) is 5.85. The number of nitrogens with one attached hydrogen (secondary N) is 1. The minimum atomic E-state index is 0.111. The predicted molar refractivity (Wildman–Crippen MR) is 140 cm³/mol. The molecule has 1 saturated heterocycles. The Morgan fingerprint density at radius 1 is 0.912 bits per heavy atom. The summed E-state index contributed by atoms with van der Waals surface area (Å²) < 4.78 is 6.61. The Kier molecular flexibility index (Phi) is 7.32. The van der Waals surface area contributed by atoms with Crippen LogP contribution in [-0.4, -0.2) is 31.1 Å². The number of piperidine rings is 1. The maximum atomic E-state index is 6.61. The summed E-state index contributed by atoms with van der Waals surface area (Å²) in [5, 5.41) is 3.90. The SMILES string of the molecule is CCCC(Oc1ccccc1CCN1CCC2(CC1)NCCc1ccccc12)c1ccccc1. The molecule has 1 atom stereocenters. The number of fused-ring (bicyclic) bond motifs is 2. The first-order valence-corrected chi connectivity index (χ1v) is 13.1. The average molecular weight is 455 g/mol. The highest BCUT2D eigenvalue weighted by Crippen LogP contribution is 2.37. The van der Waals surface area contributed by atoms with Crippen molar-refractivity contribution < 1.29 is 4.74 Å². The van der Waals surface area contributed by atoms with Crippen LogP contribution in [0.1, 0.15) is 61.0 Å². The van der Waals surface area contributed by atoms with E-state index in [1.165, 1.54) is 24.0 Å². The fraction of sp³-hybridized carbons (Fsp3) is 0.419. The van der Waals surface area contributed by atoms with Crippen molar-refractivity contribution in [1.29, 1.82) is 0 Å². The average Bonchev–Trinajstić information content (AvgIpc) is 2.90. The van der Waals surface area contributed by atoms with Gasteiger partial charge in [-0.2, -0.15) is 0 Å². The van der Waals surface area contributed by atoms with Crippen molar-refractivity contribution in [1.82, 2.24) is 10.2 Å². The zero-order chi connectivity index (χ0) is 23.2. The van der Waals surface area contributed by atoms with Gasteiger partial charge in [0.2, 0.25) is 0 Å². The maximum absolute atomic E-state index is 6.61. The second-order valence-corrected chi connectivity index (χ2v) is 9.92. The molecule has 2 aliphatic rings. The number of benzene rings is 3. The van der Waals surface area contributed by atoms with E-state index in [0.717, 1.165) is 57.6 Å². The third kappa shape index (κ3) is 5.06. The number of rotatable bonds is 8. The number of likely N-dealkylation sites (tertiary alicyclic amines) is 1. The van der Waals surface area contributed by atoms with Crippen molar-refractivity contribution >= 4 is 0 Å². The molecule has 1 spiro atoms. The van der Waals surface area contributed by atoms with Crippen LogP contribution in [0.25, 0.3) is 0 Å². The molecule has 5 rings (SSSR count). The second kappa shape index (κ2) is 10.8. The second-order valence-electron chi connectivity index (χ2n) is 9.92. The van der Waals surface area contributed by atoms with Crippen molar-refractivity contribution in [3.8, 4) is 5.75 Å². The Balaban J connectivity index is 1.22. The zero-order valence-electron chi connectivity index (χ0n) is 20.5. The molecule has 0 bridgehead atoms. The molecule has 0 saturated carbocycles. The summed E-state index contributed by atoms with van der Waals surface area (Å²) in [6.07, 6.45) is 6.81. The van der Waals surface area contributed by atoms with E-state index in [9.17, 15) is 0 Å². The summed E-state index contributed by atoms with van der Waals surface area (Å²) in [4.78, 5) is 2.64. The number of nitrogens with zero attached hydrogens (tertiary/aromatic N) is 1. The first-order chi connectivity index (χ1) is 16.8. The molecule has 1 N–H and O–H groups in total. The molecule has 0 radical (unpaired) electrons. The summed E-state index contributed by atoms with van der Waals surface area (Å²) in [6, 6.07) is 28.4. The lowest BCUT2D eigenvalue weighted by Crippen LogP contribution is -2.54. The van der Waals surface area contributed by atoms with Gasteiger partial charge in [0.1, 0.15) is 11.9 Å². The van der Waals surface area contributed by atoms with E-state index in [0.29, 0.717) is 0 Å². The molecular weight excluding hydrogens is 416 g/mol. The van der Waals surface area contributed by atoms with Gasteiger partial charge in [0, 0.05) is 31.7 Å². The molecule has 3 heteroatoms. The van der Waals surface area contributed by atoms with E-state index < -0.39 is 0 Å². The van der Waals surface area contributed by atoms with Crippen LogP contribution in [0, 0.1) is 0 Å². The van der Waals surface area contributed by atoms with E-state index in [1.54, 1.807) is 11.1 Å². The Hall–Kier alpha value is -2.62. The van der Waals surface area contributed by atoms with Gasteiger partial charge in [-0.05, 0) is 60.4 Å². The molecule has 2 heterocycles. The van der Waals surface area contributed by atoms with Crippen LogP contribution in [0.5, 0.6) is 5.75 Å². The van der Waals surface area contributed by atoms with Gasteiger partial charge in [0.05, 0.1) is 0 Å². The summed E-state index contributed by atoms with van der Waals surface area (Å²) in [7, 11) is 0. The molecule has 3 aromatic carbocycles. The van der Waals surface area contributed by atoms with Crippen LogP contribution in [-0.2, 0) is 18.4 Å². The predicted octanol–water partition coefficient (Wildman–Crippen LogP) is 6.29. The van der Waals surface area contributed by atoms with Crippen LogP contribution >= 0.6 is 0 Å². The van der Waals surface area contributed by atoms with Gasteiger partial charge >= 0.3 is 0 Å². The van der Waals surface area contributed by atoms with Crippen molar-refractivity contribution in [3.63, 3.8) is 0 Å². The molecule has 3 nitrogen and oxygen atoms in total. The molecule has 1 fully saturated rings. The van der Waals surface area contributed by atoms with Gasteiger partial charge < -0.3 is 15.0 Å². The standard InChI is InChI=1S/C31H38N2O/c1-2-10-29(26-12-4-3-5-13-26)34-30-16-9-7-14-27(30)18-22-33-23-19-31(20-24-33)28-15-8-6-11-25(28)17-21-32-31/h3-9,11-16,29,32H,2,10,17-24H2,1H3. The van der Waals surface area contributed by atoms with Gasteiger partial charge in [-0.25, -0.2) is 0 Å². The third-order valence-corrected chi connectivity index (χ3v) is 7.76. The molecular formula is C31H38N2O. The fourth-order valence-corrected chi connectivity index (χ4v) is 5.82. The normalized spacial score (nSPS) is 18.4. The number of ether oxygens (including phenoxy) is 1. The van der Waals surface area contributed by atoms with E-state index in [-0.39, 0.29) is 11.6 Å². The minimum Gasteiger partial charge on any atom is -0.485 e. The number of hydrogen-bond donors (Lipinski definition) is 1. The third-order valence-electron chi connectivity index (χ3n) is 7.76. The lowest BCUT2D eigenvalue weighted by Gasteiger charge is -2.46. The highest BCUT2D eigenvalue weighted by Gasteiger charge is 2.38. The van der Waals surface area contributed by atoms with Gasteiger partial charge in [-0.1, -0.05) is 86.1 Å². The molecule has 2 aliphatic heterocycles. The highest BCUT2D eigenvalue weighted by atomic mass is 16.5. The van der Waals surface area contributed by atoms with E-state index in [4.69, 9.17) is 4.74 Å². The van der Waals surface area contributed by atoms with Gasteiger partial charge in [0.25, 0.3) is 0 Å². The van der Waals surface area contributed by atoms with Crippen molar-refractivity contribution in [2.45, 2.75) is 57.1 Å².